The van der Waals surface area contributed by atoms with E-state index in [1.54, 1.807) is 12.1 Å². The smallest absolute Gasteiger partial charge is 0.225 e. The standard InChI is InChI=1S/C21H25N9S/c1-14-10-19(28-27-14)25-20-17-4-2-3-5-18(17)24-21(26-20)23-16-6-8-29(9-7-16)31-30-12-15(11-22)13-30/h2-5,10,15-16H,6-9,12-13H2,1H3,(H3,23,24,25,26,27,28). The van der Waals surface area contributed by atoms with Crippen molar-refractivity contribution >= 4 is 40.6 Å². The Kier molecular flexibility index (Phi) is 5.63. The van der Waals surface area contributed by atoms with Crippen molar-refractivity contribution in [3.05, 3.63) is 36.0 Å². The Morgan fingerprint density at radius 3 is 2.71 bits per heavy atom. The van der Waals surface area contributed by atoms with Gasteiger partial charge in [-0.2, -0.15) is 15.3 Å². The Morgan fingerprint density at radius 1 is 1.16 bits per heavy atom. The summed E-state index contributed by atoms with van der Waals surface area (Å²) in [5.41, 5.74) is 1.89. The fourth-order valence-corrected chi connectivity index (χ4v) is 5.05. The average Bonchev–Trinajstić information content (AvgIpc) is 3.16. The molecule has 5 rings (SSSR count). The lowest BCUT2D eigenvalue weighted by Crippen LogP contribution is -2.45. The second-order valence-electron chi connectivity index (χ2n) is 8.08. The van der Waals surface area contributed by atoms with E-state index in [0.717, 1.165) is 67.3 Å². The molecule has 2 fully saturated rings. The molecule has 10 heteroatoms. The summed E-state index contributed by atoms with van der Waals surface area (Å²) in [7, 11) is 0. The van der Waals surface area contributed by atoms with Crippen LogP contribution >= 0.6 is 12.1 Å². The minimum atomic E-state index is 0.199. The topological polar surface area (TPSA) is 109 Å². The normalized spacial score (nSPS) is 18.6. The molecule has 0 saturated carbocycles. The number of anilines is 3. The van der Waals surface area contributed by atoms with Crippen LogP contribution < -0.4 is 10.6 Å². The third kappa shape index (κ3) is 4.58. The zero-order chi connectivity index (χ0) is 21.2. The molecule has 1 aromatic carbocycles. The van der Waals surface area contributed by atoms with Crippen LogP contribution in [0.5, 0.6) is 0 Å². The number of nitrogens with one attached hydrogen (secondary N) is 3. The number of aromatic nitrogens is 4. The summed E-state index contributed by atoms with van der Waals surface area (Å²) in [6.07, 6.45) is 2.06. The van der Waals surface area contributed by atoms with Gasteiger partial charge in [0.25, 0.3) is 0 Å². The van der Waals surface area contributed by atoms with Crippen molar-refractivity contribution in [3.63, 3.8) is 0 Å². The molecule has 3 N–H and O–H groups in total. The Bertz CT molecular complexity index is 1090. The number of piperidine rings is 1. The molecule has 160 valence electrons. The molecule has 0 atom stereocenters. The summed E-state index contributed by atoms with van der Waals surface area (Å²) < 4.78 is 4.66. The molecule has 3 aromatic rings. The van der Waals surface area contributed by atoms with Crippen LogP contribution in [0.4, 0.5) is 17.6 Å². The van der Waals surface area contributed by atoms with Gasteiger partial charge in [0.1, 0.15) is 5.82 Å². The summed E-state index contributed by atoms with van der Waals surface area (Å²) in [5, 5.41) is 24.0. The van der Waals surface area contributed by atoms with E-state index in [9.17, 15) is 0 Å². The first-order chi connectivity index (χ1) is 15.2. The molecule has 2 aromatic heterocycles. The zero-order valence-electron chi connectivity index (χ0n) is 17.4. The fraction of sp³-hybridized carbons (Fsp3) is 0.429. The molecule has 0 bridgehead atoms. The number of fused-ring (bicyclic) bond motifs is 1. The van der Waals surface area contributed by atoms with E-state index < -0.39 is 0 Å². The number of hydrogen-bond donors (Lipinski definition) is 3. The van der Waals surface area contributed by atoms with E-state index in [1.807, 2.05) is 37.3 Å². The van der Waals surface area contributed by atoms with Gasteiger partial charge in [-0.05, 0) is 31.9 Å². The first-order valence-corrected chi connectivity index (χ1v) is 11.3. The Balaban J connectivity index is 1.24. The van der Waals surface area contributed by atoms with Crippen LogP contribution in [0, 0.1) is 24.2 Å². The number of nitriles is 1. The number of hydrogen-bond acceptors (Lipinski definition) is 9. The number of rotatable bonds is 6. The van der Waals surface area contributed by atoms with Crippen LogP contribution in [0.25, 0.3) is 10.9 Å². The predicted molar refractivity (Wildman–Crippen MR) is 123 cm³/mol. The molecule has 2 aliphatic heterocycles. The molecular formula is C21H25N9S. The van der Waals surface area contributed by atoms with Gasteiger partial charge in [0, 0.05) is 61.5 Å². The monoisotopic (exact) mass is 435 g/mol. The van der Waals surface area contributed by atoms with Crippen LogP contribution in [-0.4, -0.2) is 61.0 Å². The molecule has 2 saturated heterocycles. The molecule has 4 heterocycles. The van der Waals surface area contributed by atoms with E-state index in [2.05, 4.69) is 35.5 Å². The van der Waals surface area contributed by atoms with Gasteiger partial charge in [-0.1, -0.05) is 12.1 Å². The van der Waals surface area contributed by atoms with Gasteiger partial charge in [0.05, 0.1) is 17.5 Å². The maximum atomic E-state index is 8.92. The van der Waals surface area contributed by atoms with E-state index in [-0.39, 0.29) is 5.92 Å². The highest BCUT2D eigenvalue weighted by Crippen LogP contribution is 2.30. The SMILES string of the molecule is Cc1cc(Nc2nc(NC3CCN(SN4CC(C#N)C4)CC3)nc3ccccc23)n[nH]1. The second kappa shape index (κ2) is 8.70. The molecule has 0 radical (unpaired) electrons. The van der Waals surface area contributed by atoms with Crippen molar-refractivity contribution < 1.29 is 0 Å². The third-order valence-electron chi connectivity index (χ3n) is 5.60. The van der Waals surface area contributed by atoms with Crippen molar-refractivity contribution in [2.75, 3.05) is 36.8 Å². The van der Waals surface area contributed by atoms with Crippen LogP contribution in [0.2, 0.25) is 0 Å². The number of aryl methyl sites for hydroxylation is 1. The van der Waals surface area contributed by atoms with Gasteiger partial charge < -0.3 is 10.6 Å². The van der Waals surface area contributed by atoms with Crippen LogP contribution in [0.15, 0.2) is 30.3 Å². The lowest BCUT2D eigenvalue weighted by molar-refractivity contribution is 0.253. The minimum Gasteiger partial charge on any atom is -0.351 e. The van der Waals surface area contributed by atoms with Gasteiger partial charge in [0.2, 0.25) is 5.95 Å². The summed E-state index contributed by atoms with van der Waals surface area (Å²) in [4.78, 5) is 9.50. The number of nitrogens with zero attached hydrogens (tertiary/aromatic N) is 6. The van der Waals surface area contributed by atoms with E-state index in [4.69, 9.17) is 15.2 Å². The van der Waals surface area contributed by atoms with Crippen molar-refractivity contribution in [1.29, 1.82) is 5.26 Å². The van der Waals surface area contributed by atoms with Crippen molar-refractivity contribution in [2.24, 2.45) is 5.92 Å². The number of aromatic amines is 1. The van der Waals surface area contributed by atoms with Crippen molar-refractivity contribution in [1.82, 2.24) is 28.8 Å². The largest absolute Gasteiger partial charge is 0.351 e. The first kappa shape index (κ1) is 20.1. The number of benzene rings is 1. The van der Waals surface area contributed by atoms with Crippen molar-refractivity contribution in [3.8, 4) is 6.07 Å². The molecule has 31 heavy (non-hydrogen) atoms. The number of para-hydroxylation sites is 1. The van der Waals surface area contributed by atoms with E-state index >= 15 is 0 Å². The molecule has 2 aliphatic rings. The molecule has 0 unspecified atom stereocenters. The van der Waals surface area contributed by atoms with Crippen LogP contribution in [-0.2, 0) is 0 Å². The predicted octanol–water partition coefficient (Wildman–Crippen LogP) is 3.30. The zero-order valence-corrected chi connectivity index (χ0v) is 18.2. The number of H-pyrrole nitrogens is 1. The van der Waals surface area contributed by atoms with Crippen LogP contribution in [0.3, 0.4) is 0 Å². The van der Waals surface area contributed by atoms with Gasteiger partial charge >= 0.3 is 0 Å². The Morgan fingerprint density at radius 2 is 1.97 bits per heavy atom. The summed E-state index contributed by atoms with van der Waals surface area (Å²) in [5.74, 6) is 2.32. The maximum absolute atomic E-state index is 8.92. The highest BCUT2D eigenvalue weighted by atomic mass is 32.2. The maximum Gasteiger partial charge on any atom is 0.225 e. The Labute approximate surface area is 185 Å². The summed E-state index contributed by atoms with van der Waals surface area (Å²) in [6.45, 7) is 5.71. The Hall–Kier alpha value is -2.87. The van der Waals surface area contributed by atoms with Crippen LogP contribution in [0.1, 0.15) is 18.5 Å². The summed E-state index contributed by atoms with van der Waals surface area (Å²) >= 11 is 1.78. The first-order valence-electron chi connectivity index (χ1n) is 10.6. The van der Waals surface area contributed by atoms with Crippen molar-refractivity contribution in [2.45, 2.75) is 25.8 Å². The third-order valence-corrected chi connectivity index (χ3v) is 6.73. The quantitative estimate of drug-likeness (QED) is 0.502. The van der Waals surface area contributed by atoms with Gasteiger partial charge in [-0.25, -0.2) is 13.6 Å². The lowest BCUT2D eigenvalue weighted by Gasteiger charge is -2.39. The molecule has 9 nitrogen and oxygen atoms in total. The highest BCUT2D eigenvalue weighted by Gasteiger charge is 2.30. The lowest BCUT2D eigenvalue weighted by atomic mass is 10.1. The molecule has 0 amide bonds. The molecule has 0 spiro atoms. The van der Waals surface area contributed by atoms with E-state index in [1.165, 1.54) is 0 Å². The van der Waals surface area contributed by atoms with Gasteiger partial charge in [-0.3, -0.25) is 5.10 Å². The van der Waals surface area contributed by atoms with Gasteiger partial charge in [0.15, 0.2) is 5.82 Å². The second-order valence-corrected chi connectivity index (χ2v) is 9.27. The fourth-order valence-electron chi connectivity index (χ4n) is 3.85. The summed E-state index contributed by atoms with van der Waals surface area (Å²) in [6, 6.07) is 12.6. The minimum absolute atomic E-state index is 0.199. The molecule has 0 aliphatic carbocycles. The average molecular weight is 436 g/mol. The van der Waals surface area contributed by atoms with Gasteiger partial charge in [-0.15, -0.1) is 0 Å². The highest BCUT2D eigenvalue weighted by molar-refractivity contribution is 7.94. The van der Waals surface area contributed by atoms with E-state index in [0.29, 0.717) is 12.0 Å². The molecular weight excluding hydrogens is 410 g/mol.